The summed E-state index contributed by atoms with van der Waals surface area (Å²) < 4.78 is 132. The Morgan fingerprint density at radius 2 is 0.429 bits per heavy atom. The molecule has 4 N–H and O–H groups in total. The van der Waals surface area contributed by atoms with Gasteiger partial charge in [-0.25, -0.2) is 35.1 Å². The fraction of sp³-hybridized carbons (Fsp3) is 0. The third kappa shape index (κ3) is 5.28. The first kappa shape index (κ1) is 34.7. The Balaban J connectivity index is 1.59. The van der Waals surface area contributed by atoms with Crippen molar-refractivity contribution >= 4 is 22.3 Å². The smallest absolute Gasteiger partial charge is 0.185 e. The number of hydrogen-bond acceptors (Lipinski definition) is 0. The number of rotatable bonds is 4. The molecule has 0 saturated carbocycles. The quantitative estimate of drug-likeness (QED) is 0.135. The lowest BCUT2D eigenvalue weighted by molar-refractivity contribution is 0.504. The van der Waals surface area contributed by atoms with Gasteiger partial charge < -0.3 is 19.9 Å². The maximum Gasteiger partial charge on any atom is 0.185 e. The second-order valence-corrected chi connectivity index (χ2v) is 13.0. The van der Waals surface area contributed by atoms with Crippen LogP contribution in [-0.2, 0) is 0 Å². The van der Waals surface area contributed by atoms with Crippen molar-refractivity contribution in [2.24, 2.45) is 0 Å². The molecular formula is C44H24F8N4. The monoisotopic (exact) mass is 760 g/mol. The van der Waals surface area contributed by atoms with Gasteiger partial charge in [-0.1, -0.05) is 121 Å². The molecule has 1 aliphatic rings. The van der Waals surface area contributed by atoms with Crippen LogP contribution in [0.25, 0.3) is 22.3 Å². The molecule has 8 bridgehead atoms. The van der Waals surface area contributed by atoms with Crippen molar-refractivity contribution in [2.75, 3.05) is 0 Å². The molecule has 4 aromatic carbocycles. The number of aromatic amines is 4. The van der Waals surface area contributed by atoms with Crippen LogP contribution >= 0.6 is 0 Å². The SMILES string of the molecule is Fc1c2[nH]c(c1F)C(c1ccccc1)=c1[nH]c(c(F)c1F)=C(c1ccccc1)c1[nH]c(c(F)c1F)C(c1ccccc1)=c1[nH]c(c(F)c1F)=C2c1ccccc1. The fourth-order valence-electron chi connectivity index (χ4n) is 7.27. The van der Waals surface area contributed by atoms with Gasteiger partial charge in [-0.3, -0.25) is 0 Å². The summed E-state index contributed by atoms with van der Waals surface area (Å²) >= 11 is 0. The molecule has 12 heteroatoms. The predicted octanol–water partition coefficient (Wildman–Crippen LogP) is 7.41. The third-order valence-electron chi connectivity index (χ3n) is 9.78. The summed E-state index contributed by atoms with van der Waals surface area (Å²) in [6, 6.07) is 30.1. The summed E-state index contributed by atoms with van der Waals surface area (Å²) in [5, 5.41) is -2.72. The summed E-state index contributed by atoms with van der Waals surface area (Å²) in [7, 11) is 0. The molecule has 0 amide bonds. The van der Waals surface area contributed by atoms with Gasteiger partial charge in [-0.2, -0.15) is 0 Å². The van der Waals surface area contributed by atoms with E-state index in [4.69, 9.17) is 0 Å². The van der Waals surface area contributed by atoms with Crippen LogP contribution in [0.5, 0.6) is 0 Å². The molecule has 0 saturated heterocycles. The molecule has 0 spiro atoms. The van der Waals surface area contributed by atoms with E-state index in [1.807, 2.05) is 0 Å². The highest BCUT2D eigenvalue weighted by Gasteiger charge is 2.32. The summed E-state index contributed by atoms with van der Waals surface area (Å²) in [4.78, 5) is 10.6. The molecule has 0 unspecified atom stereocenters. The van der Waals surface area contributed by atoms with Crippen molar-refractivity contribution in [2.45, 2.75) is 0 Å². The Labute approximate surface area is 311 Å². The summed E-state index contributed by atoms with van der Waals surface area (Å²) in [6.45, 7) is 0. The van der Waals surface area contributed by atoms with Crippen LogP contribution in [0.1, 0.15) is 45.0 Å². The first-order valence-corrected chi connectivity index (χ1v) is 17.2. The Morgan fingerprint density at radius 3 is 0.625 bits per heavy atom. The zero-order valence-corrected chi connectivity index (χ0v) is 28.6. The topological polar surface area (TPSA) is 63.2 Å². The minimum Gasteiger partial charge on any atom is -0.349 e. The van der Waals surface area contributed by atoms with Crippen molar-refractivity contribution in [3.8, 4) is 0 Å². The molecule has 0 fully saturated rings. The maximum atomic E-state index is 16.6. The molecule has 0 radical (unpaired) electrons. The van der Waals surface area contributed by atoms with Gasteiger partial charge in [-0.05, 0) is 22.3 Å². The number of benzene rings is 4. The summed E-state index contributed by atoms with van der Waals surface area (Å²) in [5.41, 5.74) is -4.01. The number of nitrogens with one attached hydrogen (secondary N) is 4. The second kappa shape index (κ2) is 13.3. The predicted molar refractivity (Wildman–Crippen MR) is 194 cm³/mol. The Bertz CT molecular complexity index is 2680. The highest BCUT2D eigenvalue weighted by molar-refractivity contribution is 5.85. The normalized spacial score (nSPS) is 12.9. The highest BCUT2D eigenvalue weighted by atomic mass is 19.2. The van der Waals surface area contributed by atoms with Gasteiger partial charge in [0.05, 0.1) is 44.2 Å². The molecule has 9 rings (SSSR count). The number of H-pyrrole nitrogens is 4. The molecule has 276 valence electrons. The van der Waals surface area contributed by atoms with Crippen LogP contribution < -0.4 is 21.4 Å². The number of aromatic nitrogens is 4. The first-order chi connectivity index (χ1) is 27.2. The van der Waals surface area contributed by atoms with E-state index in [0.717, 1.165) is 0 Å². The van der Waals surface area contributed by atoms with Crippen molar-refractivity contribution in [1.82, 2.24) is 19.9 Å². The Hall–Kier alpha value is -7.08. The largest absolute Gasteiger partial charge is 0.349 e. The van der Waals surface area contributed by atoms with E-state index in [-0.39, 0.29) is 22.3 Å². The van der Waals surface area contributed by atoms with Crippen molar-refractivity contribution < 1.29 is 35.1 Å². The molecule has 4 nitrogen and oxygen atoms in total. The van der Waals surface area contributed by atoms with Crippen LogP contribution in [-0.4, -0.2) is 19.9 Å². The van der Waals surface area contributed by atoms with Gasteiger partial charge in [0.15, 0.2) is 46.5 Å². The summed E-state index contributed by atoms with van der Waals surface area (Å²) in [6.07, 6.45) is 0. The van der Waals surface area contributed by atoms with E-state index in [0.29, 0.717) is 0 Å². The zero-order chi connectivity index (χ0) is 38.8. The first-order valence-electron chi connectivity index (χ1n) is 17.2. The molecule has 0 atom stereocenters. The number of fused-ring (bicyclic) bond motifs is 8. The third-order valence-corrected chi connectivity index (χ3v) is 9.78. The van der Waals surface area contributed by atoms with Crippen LogP contribution in [0.3, 0.4) is 0 Å². The van der Waals surface area contributed by atoms with E-state index in [9.17, 15) is 0 Å². The molecule has 1 aliphatic heterocycles. The highest BCUT2D eigenvalue weighted by Crippen LogP contribution is 2.34. The van der Waals surface area contributed by atoms with Gasteiger partial charge in [0.25, 0.3) is 0 Å². The van der Waals surface area contributed by atoms with Gasteiger partial charge in [0.1, 0.15) is 0 Å². The maximum absolute atomic E-state index is 16.6. The van der Waals surface area contributed by atoms with Crippen LogP contribution in [0.2, 0.25) is 0 Å². The molecule has 5 heterocycles. The molecule has 8 aromatic rings. The van der Waals surface area contributed by atoms with Gasteiger partial charge in [0.2, 0.25) is 0 Å². The minimum atomic E-state index is -1.55. The Kier molecular flexibility index (Phi) is 8.26. The van der Waals surface area contributed by atoms with E-state index in [2.05, 4.69) is 19.9 Å². The van der Waals surface area contributed by atoms with E-state index in [1.165, 1.54) is 97.1 Å². The van der Waals surface area contributed by atoms with Crippen molar-refractivity contribution in [1.29, 1.82) is 0 Å². The fourth-order valence-corrected chi connectivity index (χ4v) is 7.27. The average molecular weight is 761 g/mol. The van der Waals surface area contributed by atoms with Crippen LogP contribution in [0.4, 0.5) is 35.1 Å². The Morgan fingerprint density at radius 1 is 0.232 bits per heavy atom. The average Bonchev–Trinajstić information content (AvgIpc) is 3.89. The molecule has 56 heavy (non-hydrogen) atoms. The van der Waals surface area contributed by atoms with Crippen molar-refractivity contribution in [3.05, 3.63) is 234 Å². The molecule has 0 aliphatic carbocycles. The number of hydrogen-bond donors (Lipinski definition) is 4. The van der Waals surface area contributed by atoms with Crippen molar-refractivity contribution in [3.63, 3.8) is 0 Å². The minimum absolute atomic E-state index is 0.0791. The lowest BCUT2D eigenvalue weighted by Gasteiger charge is -2.09. The summed E-state index contributed by atoms with van der Waals surface area (Å²) in [5.74, 6) is -12.4. The number of halogens is 8. The van der Waals surface area contributed by atoms with Crippen LogP contribution in [0, 0.1) is 46.5 Å². The standard InChI is InChI=1S/C44H24F8N4/c45-29-31(47)39-26(22-15-7-2-8-16-22)41-33(49)35(51)43(55-41)28(24-19-11-4-12-20-24)44-36(52)34(50)42(56-44)27(23-17-9-3-10-18-23)40-32(48)30(46)38(54-40)25(37(29)53-39)21-13-5-1-6-14-21/h1-20,53-56H. The van der Waals surface area contributed by atoms with Gasteiger partial charge >= 0.3 is 0 Å². The van der Waals surface area contributed by atoms with E-state index in [1.54, 1.807) is 24.3 Å². The second-order valence-electron chi connectivity index (χ2n) is 13.0. The molecule has 4 aromatic heterocycles. The zero-order valence-electron chi connectivity index (χ0n) is 28.6. The van der Waals surface area contributed by atoms with E-state index < -0.39 is 113 Å². The lowest BCUT2D eigenvalue weighted by Crippen LogP contribution is -2.21. The lowest BCUT2D eigenvalue weighted by atomic mass is 10.0. The van der Waals surface area contributed by atoms with Gasteiger partial charge in [0, 0.05) is 22.3 Å². The molecular weight excluding hydrogens is 736 g/mol. The van der Waals surface area contributed by atoms with Gasteiger partial charge in [-0.15, -0.1) is 0 Å². The van der Waals surface area contributed by atoms with E-state index >= 15 is 35.1 Å². The van der Waals surface area contributed by atoms with Crippen LogP contribution in [0.15, 0.2) is 121 Å².